The second-order valence-corrected chi connectivity index (χ2v) is 3.85. The fraction of sp³-hybridized carbons (Fsp3) is 0.500. The van der Waals surface area contributed by atoms with Crippen molar-refractivity contribution in [1.82, 2.24) is 0 Å². The summed E-state index contributed by atoms with van der Waals surface area (Å²) >= 11 is 0. The lowest BCUT2D eigenvalue weighted by Crippen LogP contribution is -2.30. The Morgan fingerprint density at radius 1 is 1.31 bits per heavy atom. The normalized spacial score (nSPS) is 21.1. The summed E-state index contributed by atoms with van der Waals surface area (Å²) in [5.74, 6) is -2.34. The van der Waals surface area contributed by atoms with E-state index in [1.807, 2.05) is 0 Å². The van der Waals surface area contributed by atoms with Gasteiger partial charge in [0.2, 0.25) is 0 Å². The summed E-state index contributed by atoms with van der Waals surface area (Å²) in [5, 5.41) is 0. The Morgan fingerprint density at radius 2 is 2.00 bits per heavy atom. The number of alkyl halides is 2. The minimum atomic E-state index is -2.91. The van der Waals surface area contributed by atoms with Gasteiger partial charge in [-0.25, -0.2) is 0 Å². The Labute approximate surface area is 93.2 Å². The van der Waals surface area contributed by atoms with E-state index < -0.39 is 12.0 Å². The number of rotatable bonds is 3. The molecular formula is C12H14F2O2. The van der Waals surface area contributed by atoms with Crippen molar-refractivity contribution in [2.45, 2.75) is 24.9 Å². The second kappa shape index (κ2) is 4.37. The van der Waals surface area contributed by atoms with Gasteiger partial charge in [0.25, 0.3) is 5.92 Å². The Hall–Kier alpha value is -1.16. The number of methoxy groups -OCH3 is 1. The van der Waals surface area contributed by atoms with Gasteiger partial charge in [-0.05, 0) is 37.1 Å². The van der Waals surface area contributed by atoms with E-state index in [4.69, 9.17) is 9.47 Å². The van der Waals surface area contributed by atoms with Crippen molar-refractivity contribution in [2.24, 2.45) is 0 Å². The monoisotopic (exact) mass is 228 g/mol. The molecule has 1 aromatic carbocycles. The highest BCUT2D eigenvalue weighted by molar-refractivity contribution is 5.30. The number of hydrogen-bond donors (Lipinski definition) is 0. The topological polar surface area (TPSA) is 18.5 Å². The first kappa shape index (κ1) is 11.3. The van der Waals surface area contributed by atoms with Crippen molar-refractivity contribution in [2.75, 3.05) is 13.7 Å². The number of ether oxygens (including phenoxy) is 2. The molecule has 0 bridgehead atoms. The van der Waals surface area contributed by atoms with Crippen LogP contribution in [-0.4, -0.2) is 19.8 Å². The van der Waals surface area contributed by atoms with Crippen LogP contribution in [0.1, 0.15) is 18.4 Å². The lowest BCUT2D eigenvalue weighted by atomic mass is 10.0. The Balaban J connectivity index is 2.20. The predicted octanol–water partition coefficient (Wildman–Crippen LogP) is 2.97. The van der Waals surface area contributed by atoms with E-state index in [2.05, 4.69) is 0 Å². The molecule has 1 aliphatic heterocycles. The number of halogens is 2. The molecule has 2 nitrogen and oxygen atoms in total. The molecule has 1 aliphatic rings. The first-order valence-corrected chi connectivity index (χ1v) is 5.28. The van der Waals surface area contributed by atoms with Crippen LogP contribution < -0.4 is 4.74 Å². The zero-order chi connectivity index (χ0) is 11.6. The van der Waals surface area contributed by atoms with Crippen LogP contribution in [0.3, 0.4) is 0 Å². The summed E-state index contributed by atoms with van der Waals surface area (Å²) in [4.78, 5) is 0. The maximum atomic E-state index is 13.9. The van der Waals surface area contributed by atoms with Gasteiger partial charge in [-0.1, -0.05) is 0 Å². The van der Waals surface area contributed by atoms with Crippen LogP contribution >= 0.6 is 0 Å². The average Bonchev–Trinajstić information content (AvgIpc) is 2.83. The zero-order valence-electron chi connectivity index (χ0n) is 9.08. The second-order valence-electron chi connectivity index (χ2n) is 3.85. The molecule has 0 amide bonds. The molecule has 1 heterocycles. The van der Waals surface area contributed by atoms with Crippen molar-refractivity contribution in [3.8, 4) is 5.75 Å². The van der Waals surface area contributed by atoms with Gasteiger partial charge in [-0.2, -0.15) is 8.78 Å². The van der Waals surface area contributed by atoms with Crippen LogP contribution in [0.4, 0.5) is 8.78 Å². The van der Waals surface area contributed by atoms with Crippen molar-refractivity contribution < 1.29 is 18.3 Å². The van der Waals surface area contributed by atoms with Gasteiger partial charge in [0.1, 0.15) is 11.9 Å². The predicted molar refractivity (Wildman–Crippen MR) is 55.9 cm³/mol. The summed E-state index contributed by atoms with van der Waals surface area (Å²) in [6, 6.07) is 5.86. The van der Waals surface area contributed by atoms with E-state index in [9.17, 15) is 8.78 Å². The lowest BCUT2D eigenvalue weighted by molar-refractivity contribution is -0.122. The molecule has 4 heteroatoms. The molecular weight excluding hydrogens is 214 g/mol. The summed E-state index contributed by atoms with van der Waals surface area (Å²) < 4.78 is 37.8. The smallest absolute Gasteiger partial charge is 0.298 e. The van der Waals surface area contributed by atoms with Crippen LogP contribution in [0.25, 0.3) is 0 Å². The summed E-state index contributed by atoms with van der Waals surface area (Å²) in [6.07, 6.45) is 0.135. The third-order valence-corrected chi connectivity index (χ3v) is 2.81. The van der Waals surface area contributed by atoms with E-state index in [-0.39, 0.29) is 5.56 Å². The standard InChI is InChI=1S/C12H14F2O2/c1-15-10-6-4-9(5-7-10)12(13,14)11-3-2-8-16-11/h4-7,11H,2-3,8H2,1H3. The molecule has 1 atom stereocenters. The largest absolute Gasteiger partial charge is 0.497 e. The maximum absolute atomic E-state index is 13.9. The van der Waals surface area contributed by atoms with Gasteiger partial charge in [-0.15, -0.1) is 0 Å². The van der Waals surface area contributed by atoms with E-state index in [0.29, 0.717) is 25.2 Å². The van der Waals surface area contributed by atoms with Crippen LogP contribution in [0.2, 0.25) is 0 Å². The van der Waals surface area contributed by atoms with Crippen molar-refractivity contribution in [3.05, 3.63) is 29.8 Å². The van der Waals surface area contributed by atoms with E-state index in [1.54, 1.807) is 0 Å². The van der Waals surface area contributed by atoms with E-state index in [0.717, 1.165) is 0 Å². The molecule has 16 heavy (non-hydrogen) atoms. The lowest BCUT2D eigenvalue weighted by Gasteiger charge is -2.22. The number of benzene rings is 1. The van der Waals surface area contributed by atoms with Gasteiger partial charge in [0.15, 0.2) is 0 Å². The SMILES string of the molecule is COc1ccc(C(F)(F)C2CCCO2)cc1. The molecule has 1 fully saturated rings. The summed E-state index contributed by atoms with van der Waals surface area (Å²) in [7, 11) is 1.51. The molecule has 0 saturated carbocycles. The minimum Gasteiger partial charge on any atom is -0.497 e. The molecule has 1 saturated heterocycles. The molecule has 0 spiro atoms. The third-order valence-electron chi connectivity index (χ3n) is 2.81. The zero-order valence-corrected chi connectivity index (χ0v) is 9.08. The fourth-order valence-corrected chi connectivity index (χ4v) is 1.86. The van der Waals surface area contributed by atoms with Crippen LogP contribution in [0, 0.1) is 0 Å². The van der Waals surface area contributed by atoms with Crippen molar-refractivity contribution in [3.63, 3.8) is 0 Å². The fourth-order valence-electron chi connectivity index (χ4n) is 1.86. The molecule has 88 valence electrons. The van der Waals surface area contributed by atoms with E-state index in [1.165, 1.54) is 31.4 Å². The highest BCUT2D eigenvalue weighted by Gasteiger charge is 2.43. The van der Waals surface area contributed by atoms with Crippen LogP contribution in [-0.2, 0) is 10.7 Å². The first-order valence-electron chi connectivity index (χ1n) is 5.28. The average molecular weight is 228 g/mol. The highest BCUT2D eigenvalue weighted by atomic mass is 19.3. The summed E-state index contributed by atoms with van der Waals surface area (Å²) in [6.45, 7) is 0.427. The molecule has 0 aliphatic carbocycles. The number of hydrogen-bond acceptors (Lipinski definition) is 2. The molecule has 1 unspecified atom stereocenters. The molecule has 0 aromatic heterocycles. The first-order chi connectivity index (χ1) is 7.64. The maximum Gasteiger partial charge on any atom is 0.298 e. The Kier molecular flexibility index (Phi) is 3.10. The molecule has 0 N–H and O–H groups in total. The highest BCUT2D eigenvalue weighted by Crippen LogP contribution is 2.38. The quantitative estimate of drug-likeness (QED) is 0.791. The Morgan fingerprint density at radius 3 is 2.50 bits per heavy atom. The Bertz CT molecular complexity index is 343. The molecule has 2 rings (SSSR count). The van der Waals surface area contributed by atoms with Gasteiger partial charge in [-0.3, -0.25) is 0 Å². The van der Waals surface area contributed by atoms with Gasteiger partial charge < -0.3 is 9.47 Å². The molecule has 1 aromatic rings. The van der Waals surface area contributed by atoms with Crippen molar-refractivity contribution >= 4 is 0 Å². The van der Waals surface area contributed by atoms with Crippen LogP contribution in [0.15, 0.2) is 24.3 Å². The molecule has 0 radical (unpaired) electrons. The van der Waals surface area contributed by atoms with Gasteiger partial charge in [0, 0.05) is 12.2 Å². The van der Waals surface area contributed by atoms with E-state index >= 15 is 0 Å². The summed E-state index contributed by atoms with van der Waals surface area (Å²) in [5.41, 5.74) is -0.0137. The van der Waals surface area contributed by atoms with Gasteiger partial charge >= 0.3 is 0 Å². The van der Waals surface area contributed by atoms with Gasteiger partial charge in [0.05, 0.1) is 7.11 Å². The van der Waals surface area contributed by atoms with Crippen molar-refractivity contribution in [1.29, 1.82) is 0 Å². The minimum absolute atomic E-state index is 0.0137. The van der Waals surface area contributed by atoms with Crippen LogP contribution in [0.5, 0.6) is 5.75 Å². The third kappa shape index (κ3) is 2.02.